The minimum atomic E-state index is -7.23. The SMILES string of the molecule is CC(F)(OC(F)(F)C(F)(OC(F)(F)F)C(F)(F)F)C(F)(F)F. The molecule has 0 fully saturated rings. The van der Waals surface area contributed by atoms with Crippen molar-refractivity contribution < 1.29 is 66.5 Å². The van der Waals surface area contributed by atoms with Crippen LogP contribution in [-0.2, 0) is 9.47 Å². The first kappa shape index (κ1) is 21.0. The second-order valence-electron chi connectivity index (χ2n) is 3.67. The van der Waals surface area contributed by atoms with Gasteiger partial charge in [-0.05, 0) is 0 Å². The van der Waals surface area contributed by atoms with Crippen molar-refractivity contribution >= 4 is 0 Å². The standard InChI is InChI=1S/C7H3F13O2/c1-2(8,4(10,11)12)21-6(16,17)3(9,5(13,14)15)22-7(18,19)20/h1H3. The lowest BCUT2D eigenvalue weighted by Gasteiger charge is -2.37. The number of alkyl halides is 13. The Bertz CT molecular complexity index is 391. The molecule has 0 aromatic heterocycles. The number of hydrogen-bond acceptors (Lipinski definition) is 2. The molecule has 0 spiro atoms. The van der Waals surface area contributed by atoms with Gasteiger partial charge < -0.3 is 0 Å². The Labute approximate surface area is 111 Å². The van der Waals surface area contributed by atoms with Gasteiger partial charge in [0.2, 0.25) is 0 Å². The molecule has 2 nitrogen and oxygen atoms in total. The first-order chi connectivity index (χ1) is 9.16. The second kappa shape index (κ2) is 5.28. The summed E-state index contributed by atoms with van der Waals surface area (Å²) >= 11 is 0. The molecule has 0 bridgehead atoms. The van der Waals surface area contributed by atoms with E-state index < -0.39 is 43.5 Å². The van der Waals surface area contributed by atoms with Gasteiger partial charge >= 0.3 is 36.5 Å². The van der Waals surface area contributed by atoms with E-state index in [-0.39, 0.29) is 0 Å². The number of hydrogen-bond donors (Lipinski definition) is 0. The molecule has 0 heterocycles. The normalized spacial score (nSPS) is 20.5. The molecule has 0 saturated carbocycles. The van der Waals surface area contributed by atoms with Crippen molar-refractivity contribution in [3.8, 4) is 0 Å². The summed E-state index contributed by atoms with van der Waals surface area (Å²) in [5.74, 6) is -12.7. The monoisotopic (exact) mass is 366 g/mol. The van der Waals surface area contributed by atoms with Crippen molar-refractivity contribution in [1.82, 2.24) is 0 Å². The maximum absolute atomic E-state index is 13.0. The van der Waals surface area contributed by atoms with Gasteiger partial charge in [-0.1, -0.05) is 0 Å². The summed E-state index contributed by atoms with van der Waals surface area (Å²) in [4.78, 5) is 0. The highest BCUT2D eigenvalue weighted by atomic mass is 19.4. The Morgan fingerprint density at radius 3 is 1.14 bits per heavy atom. The summed E-state index contributed by atoms with van der Waals surface area (Å²) in [5.41, 5.74) is 0. The first-order valence-electron chi connectivity index (χ1n) is 4.52. The van der Waals surface area contributed by atoms with E-state index in [1.807, 2.05) is 4.74 Å². The maximum atomic E-state index is 13.0. The van der Waals surface area contributed by atoms with Gasteiger partial charge in [0.25, 0.3) is 0 Å². The molecule has 0 aliphatic heterocycles. The molecule has 2 atom stereocenters. The van der Waals surface area contributed by atoms with E-state index in [0.717, 1.165) is 0 Å². The molecule has 22 heavy (non-hydrogen) atoms. The lowest BCUT2D eigenvalue weighted by molar-refractivity contribution is -0.542. The van der Waals surface area contributed by atoms with Gasteiger partial charge in [-0.25, -0.2) is 9.13 Å². The molecular weight excluding hydrogens is 363 g/mol. The van der Waals surface area contributed by atoms with Crippen LogP contribution in [0.2, 0.25) is 0 Å². The van der Waals surface area contributed by atoms with E-state index in [2.05, 4.69) is 0 Å². The summed E-state index contributed by atoms with van der Waals surface area (Å²) in [7, 11) is 0. The van der Waals surface area contributed by atoms with Crippen molar-refractivity contribution in [2.45, 2.75) is 43.5 Å². The highest BCUT2D eigenvalue weighted by molar-refractivity contribution is 4.89. The van der Waals surface area contributed by atoms with Gasteiger partial charge in [0.1, 0.15) is 0 Å². The third kappa shape index (κ3) is 4.27. The summed E-state index contributed by atoms with van der Waals surface area (Å²) < 4.78 is 162. The van der Waals surface area contributed by atoms with Crippen LogP contribution < -0.4 is 0 Å². The van der Waals surface area contributed by atoms with Gasteiger partial charge in [0, 0.05) is 6.92 Å². The van der Waals surface area contributed by atoms with E-state index >= 15 is 0 Å². The van der Waals surface area contributed by atoms with Crippen LogP contribution in [0.4, 0.5) is 57.1 Å². The van der Waals surface area contributed by atoms with Gasteiger partial charge in [-0.2, -0.15) is 39.5 Å². The van der Waals surface area contributed by atoms with E-state index in [1.165, 1.54) is 4.74 Å². The van der Waals surface area contributed by atoms with Crippen LogP contribution in [0, 0.1) is 0 Å². The fraction of sp³-hybridized carbons (Fsp3) is 1.00. The van der Waals surface area contributed by atoms with E-state index in [4.69, 9.17) is 0 Å². The van der Waals surface area contributed by atoms with E-state index in [0.29, 0.717) is 0 Å². The number of ether oxygens (including phenoxy) is 2. The summed E-state index contributed by atoms with van der Waals surface area (Å²) in [6.07, 6.45) is -27.4. The molecule has 2 unspecified atom stereocenters. The predicted molar refractivity (Wildman–Crippen MR) is 38.6 cm³/mol. The molecule has 0 saturated heterocycles. The molecule has 0 rings (SSSR count). The fourth-order valence-electron chi connectivity index (χ4n) is 0.806. The van der Waals surface area contributed by atoms with E-state index in [9.17, 15) is 57.1 Å². The Morgan fingerprint density at radius 1 is 0.545 bits per heavy atom. The Morgan fingerprint density at radius 2 is 0.909 bits per heavy atom. The van der Waals surface area contributed by atoms with Crippen molar-refractivity contribution in [2.24, 2.45) is 0 Å². The third-order valence-electron chi connectivity index (χ3n) is 1.82. The van der Waals surface area contributed by atoms with Gasteiger partial charge in [-0.15, -0.1) is 13.2 Å². The minimum absolute atomic E-state index is 0.911. The third-order valence-corrected chi connectivity index (χ3v) is 1.82. The molecule has 0 aliphatic rings. The van der Waals surface area contributed by atoms with Crippen molar-refractivity contribution in [1.29, 1.82) is 0 Å². The van der Waals surface area contributed by atoms with Gasteiger partial charge in [0.15, 0.2) is 0 Å². The van der Waals surface area contributed by atoms with Crippen LogP contribution in [0.15, 0.2) is 0 Å². The smallest absolute Gasteiger partial charge is 0.270 e. The van der Waals surface area contributed by atoms with Crippen molar-refractivity contribution in [3.63, 3.8) is 0 Å². The Hall–Kier alpha value is -0.990. The van der Waals surface area contributed by atoms with Crippen LogP contribution in [0.5, 0.6) is 0 Å². The molecule has 0 radical (unpaired) electrons. The number of rotatable bonds is 4. The summed E-state index contributed by atoms with van der Waals surface area (Å²) in [6.45, 7) is -0.911. The highest BCUT2D eigenvalue weighted by Crippen LogP contribution is 2.52. The molecule has 0 aliphatic carbocycles. The quantitative estimate of drug-likeness (QED) is 0.677. The van der Waals surface area contributed by atoms with E-state index in [1.54, 1.807) is 0 Å². The summed E-state index contributed by atoms with van der Waals surface area (Å²) in [5, 5.41) is 0. The average molecular weight is 366 g/mol. The van der Waals surface area contributed by atoms with Crippen molar-refractivity contribution in [2.75, 3.05) is 0 Å². The highest BCUT2D eigenvalue weighted by Gasteiger charge is 2.80. The zero-order chi connectivity index (χ0) is 18.4. The molecule has 0 amide bonds. The lowest BCUT2D eigenvalue weighted by Crippen LogP contribution is -2.63. The molecule has 0 aromatic carbocycles. The van der Waals surface area contributed by atoms with Crippen LogP contribution in [0.3, 0.4) is 0 Å². The largest absolute Gasteiger partial charge is 0.525 e. The van der Waals surface area contributed by atoms with Gasteiger partial charge in [-0.3, -0.25) is 4.74 Å². The molecule has 0 aromatic rings. The van der Waals surface area contributed by atoms with Crippen LogP contribution in [0.1, 0.15) is 6.92 Å². The fourth-order valence-corrected chi connectivity index (χ4v) is 0.806. The zero-order valence-corrected chi connectivity index (χ0v) is 9.73. The molecule has 0 N–H and O–H groups in total. The summed E-state index contributed by atoms with van der Waals surface area (Å²) in [6, 6.07) is 0. The lowest BCUT2D eigenvalue weighted by atomic mass is 10.2. The number of halogens is 13. The topological polar surface area (TPSA) is 18.5 Å². The zero-order valence-electron chi connectivity index (χ0n) is 9.73. The molecular formula is C7H3F13O2. The molecule has 134 valence electrons. The van der Waals surface area contributed by atoms with Crippen molar-refractivity contribution in [3.05, 3.63) is 0 Å². The molecule has 15 heteroatoms. The second-order valence-corrected chi connectivity index (χ2v) is 3.67. The minimum Gasteiger partial charge on any atom is -0.270 e. The van der Waals surface area contributed by atoms with Crippen LogP contribution in [-0.4, -0.2) is 36.5 Å². The average Bonchev–Trinajstić information content (AvgIpc) is 2.08. The van der Waals surface area contributed by atoms with Crippen LogP contribution in [0.25, 0.3) is 0 Å². The Kier molecular flexibility index (Phi) is 5.04. The van der Waals surface area contributed by atoms with Crippen LogP contribution >= 0.6 is 0 Å². The Balaban J connectivity index is 5.85. The first-order valence-corrected chi connectivity index (χ1v) is 4.52. The maximum Gasteiger partial charge on any atom is 0.525 e. The van der Waals surface area contributed by atoms with Gasteiger partial charge in [0.05, 0.1) is 0 Å². The predicted octanol–water partition coefficient (Wildman–Crippen LogP) is 4.61.